The molecule has 3 heteroatoms. The molecule has 0 amide bonds. The van der Waals surface area contributed by atoms with Crippen LogP contribution in [0.3, 0.4) is 0 Å². The van der Waals surface area contributed by atoms with Crippen LogP contribution in [0, 0.1) is 13.8 Å². The topological polar surface area (TPSA) is 41.5 Å². The van der Waals surface area contributed by atoms with Crippen LogP contribution in [0.5, 0.6) is 5.75 Å². The zero-order chi connectivity index (χ0) is 13.6. The average Bonchev–Trinajstić information content (AvgIpc) is 2.34. The lowest BCUT2D eigenvalue weighted by molar-refractivity contribution is 0.146. The zero-order valence-electron chi connectivity index (χ0n) is 11.9. The maximum absolute atomic E-state index is 9.38. The van der Waals surface area contributed by atoms with Crippen LogP contribution in [0.25, 0.3) is 0 Å². The SMILES string of the molecule is CCNC(C)(CO)CCOc1ccc(C)c(C)c1. The minimum atomic E-state index is -0.255. The van der Waals surface area contributed by atoms with Crippen molar-refractivity contribution in [2.75, 3.05) is 19.8 Å². The van der Waals surface area contributed by atoms with Gasteiger partial charge in [-0.2, -0.15) is 0 Å². The quantitative estimate of drug-likeness (QED) is 0.782. The van der Waals surface area contributed by atoms with E-state index in [0.717, 1.165) is 18.7 Å². The van der Waals surface area contributed by atoms with Gasteiger partial charge in [0, 0.05) is 12.0 Å². The van der Waals surface area contributed by atoms with Crippen molar-refractivity contribution in [2.24, 2.45) is 0 Å². The Bertz CT molecular complexity index is 379. The lowest BCUT2D eigenvalue weighted by atomic mass is 10.00. The van der Waals surface area contributed by atoms with Crippen LogP contribution in [0.15, 0.2) is 18.2 Å². The van der Waals surface area contributed by atoms with Crippen molar-refractivity contribution in [2.45, 2.75) is 39.7 Å². The predicted molar refractivity (Wildman–Crippen MR) is 75.2 cm³/mol. The maximum atomic E-state index is 9.38. The molecule has 0 spiro atoms. The molecule has 0 radical (unpaired) electrons. The summed E-state index contributed by atoms with van der Waals surface area (Å²) in [6.07, 6.45) is 0.782. The standard InChI is InChI=1S/C15H25NO2/c1-5-16-15(4,11-17)8-9-18-14-7-6-12(2)13(3)10-14/h6-7,10,16-17H,5,8-9,11H2,1-4H3. The highest BCUT2D eigenvalue weighted by molar-refractivity contribution is 5.33. The molecule has 0 aliphatic heterocycles. The first-order chi connectivity index (χ1) is 8.50. The van der Waals surface area contributed by atoms with Crippen LogP contribution in [0.4, 0.5) is 0 Å². The lowest BCUT2D eigenvalue weighted by Crippen LogP contribution is -2.46. The van der Waals surface area contributed by atoms with Gasteiger partial charge < -0.3 is 15.2 Å². The number of benzene rings is 1. The molecule has 18 heavy (non-hydrogen) atoms. The number of nitrogens with one attached hydrogen (secondary N) is 1. The summed E-state index contributed by atoms with van der Waals surface area (Å²) < 4.78 is 5.73. The smallest absolute Gasteiger partial charge is 0.119 e. The van der Waals surface area contributed by atoms with Gasteiger partial charge in [-0.3, -0.25) is 0 Å². The molecule has 0 aromatic heterocycles. The van der Waals surface area contributed by atoms with E-state index in [9.17, 15) is 5.11 Å². The van der Waals surface area contributed by atoms with E-state index in [1.807, 2.05) is 19.9 Å². The molecule has 1 aromatic carbocycles. The molecule has 102 valence electrons. The van der Waals surface area contributed by atoms with Gasteiger partial charge in [0.2, 0.25) is 0 Å². The molecular weight excluding hydrogens is 226 g/mol. The van der Waals surface area contributed by atoms with E-state index in [4.69, 9.17) is 4.74 Å². The van der Waals surface area contributed by atoms with Gasteiger partial charge in [-0.1, -0.05) is 13.0 Å². The average molecular weight is 251 g/mol. The van der Waals surface area contributed by atoms with Crippen molar-refractivity contribution < 1.29 is 9.84 Å². The van der Waals surface area contributed by atoms with Crippen LogP contribution >= 0.6 is 0 Å². The summed E-state index contributed by atoms with van der Waals surface area (Å²) in [5.41, 5.74) is 2.26. The highest BCUT2D eigenvalue weighted by Crippen LogP contribution is 2.17. The van der Waals surface area contributed by atoms with Crippen molar-refractivity contribution in [3.63, 3.8) is 0 Å². The Labute approximate surface area is 110 Å². The molecule has 0 heterocycles. The van der Waals surface area contributed by atoms with Gasteiger partial charge in [-0.15, -0.1) is 0 Å². The van der Waals surface area contributed by atoms with Crippen LogP contribution in [0.1, 0.15) is 31.4 Å². The van der Waals surface area contributed by atoms with Crippen molar-refractivity contribution >= 4 is 0 Å². The van der Waals surface area contributed by atoms with Gasteiger partial charge in [0.25, 0.3) is 0 Å². The molecule has 0 saturated heterocycles. The Morgan fingerprint density at radius 3 is 2.56 bits per heavy atom. The third-order valence-corrected chi connectivity index (χ3v) is 3.35. The Balaban J connectivity index is 2.47. The van der Waals surface area contributed by atoms with Crippen LogP contribution < -0.4 is 10.1 Å². The van der Waals surface area contributed by atoms with Gasteiger partial charge >= 0.3 is 0 Å². The fourth-order valence-electron chi connectivity index (χ4n) is 1.85. The maximum Gasteiger partial charge on any atom is 0.119 e. The molecule has 1 unspecified atom stereocenters. The number of likely N-dealkylation sites (N-methyl/N-ethyl adjacent to an activating group) is 1. The lowest BCUT2D eigenvalue weighted by Gasteiger charge is -2.28. The molecule has 0 aliphatic rings. The van der Waals surface area contributed by atoms with Crippen molar-refractivity contribution in [1.82, 2.24) is 5.32 Å². The monoisotopic (exact) mass is 251 g/mol. The second kappa shape index (κ2) is 6.76. The highest BCUT2D eigenvalue weighted by atomic mass is 16.5. The molecule has 0 fully saturated rings. The largest absolute Gasteiger partial charge is 0.494 e. The van der Waals surface area contributed by atoms with Gasteiger partial charge in [0.1, 0.15) is 5.75 Å². The van der Waals surface area contributed by atoms with Gasteiger partial charge in [0.15, 0.2) is 0 Å². The highest BCUT2D eigenvalue weighted by Gasteiger charge is 2.21. The van der Waals surface area contributed by atoms with Crippen LogP contribution in [0.2, 0.25) is 0 Å². The summed E-state index contributed by atoms with van der Waals surface area (Å²) in [7, 11) is 0. The molecule has 2 N–H and O–H groups in total. The molecule has 1 aromatic rings. The van der Waals surface area contributed by atoms with Crippen LogP contribution in [-0.4, -0.2) is 30.4 Å². The second-order valence-corrected chi connectivity index (χ2v) is 5.09. The molecule has 0 saturated carbocycles. The van der Waals surface area contributed by atoms with E-state index < -0.39 is 0 Å². The fourth-order valence-corrected chi connectivity index (χ4v) is 1.85. The number of aliphatic hydroxyl groups excluding tert-OH is 1. The normalized spacial score (nSPS) is 14.3. The summed E-state index contributed by atoms with van der Waals surface area (Å²) in [5, 5.41) is 12.7. The van der Waals surface area contributed by atoms with E-state index in [-0.39, 0.29) is 12.1 Å². The summed E-state index contributed by atoms with van der Waals surface area (Å²) in [4.78, 5) is 0. The minimum Gasteiger partial charge on any atom is -0.494 e. The summed E-state index contributed by atoms with van der Waals surface area (Å²) >= 11 is 0. The van der Waals surface area contributed by atoms with Crippen molar-refractivity contribution in [3.05, 3.63) is 29.3 Å². The number of hydrogen-bond acceptors (Lipinski definition) is 3. The fraction of sp³-hybridized carbons (Fsp3) is 0.600. The van der Waals surface area contributed by atoms with Crippen LogP contribution in [-0.2, 0) is 0 Å². The van der Waals surface area contributed by atoms with E-state index in [2.05, 4.69) is 31.3 Å². The third-order valence-electron chi connectivity index (χ3n) is 3.35. The zero-order valence-corrected chi connectivity index (χ0v) is 11.9. The third kappa shape index (κ3) is 4.31. The van der Waals surface area contributed by atoms with E-state index in [0.29, 0.717) is 6.61 Å². The first kappa shape index (κ1) is 15.0. The number of aliphatic hydroxyl groups is 1. The van der Waals surface area contributed by atoms with Gasteiger partial charge in [-0.25, -0.2) is 0 Å². The van der Waals surface area contributed by atoms with E-state index >= 15 is 0 Å². The van der Waals surface area contributed by atoms with Gasteiger partial charge in [-0.05, 0) is 50.6 Å². The Hall–Kier alpha value is -1.06. The molecule has 3 nitrogen and oxygen atoms in total. The number of rotatable bonds is 7. The minimum absolute atomic E-state index is 0.122. The first-order valence-corrected chi connectivity index (χ1v) is 6.56. The number of ether oxygens (including phenoxy) is 1. The van der Waals surface area contributed by atoms with Crippen molar-refractivity contribution in [1.29, 1.82) is 0 Å². The summed E-state index contributed by atoms with van der Waals surface area (Å²) in [6, 6.07) is 6.12. The Morgan fingerprint density at radius 2 is 2.00 bits per heavy atom. The van der Waals surface area contributed by atoms with Crippen molar-refractivity contribution in [3.8, 4) is 5.75 Å². The second-order valence-electron chi connectivity index (χ2n) is 5.09. The first-order valence-electron chi connectivity index (χ1n) is 6.56. The predicted octanol–water partition coefficient (Wildman–Crippen LogP) is 2.43. The molecule has 0 aliphatic carbocycles. The molecule has 0 bridgehead atoms. The Morgan fingerprint density at radius 1 is 1.28 bits per heavy atom. The molecular formula is C15H25NO2. The van der Waals surface area contributed by atoms with E-state index in [1.54, 1.807) is 0 Å². The summed E-state index contributed by atoms with van der Waals surface area (Å²) in [6.45, 7) is 9.80. The van der Waals surface area contributed by atoms with Gasteiger partial charge in [0.05, 0.1) is 13.2 Å². The summed E-state index contributed by atoms with van der Waals surface area (Å²) in [5.74, 6) is 0.898. The van der Waals surface area contributed by atoms with E-state index in [1.165, 1.54) is 11.1 Å². The Kier molecular flexibility index (Phi) is 5.63. The molecule has 1 rings (SSSR count). The molecule has 1 atom stereocenters. The number of aryl methyl sites for hydroxylation is 2. The number of hydrogen-bond donors (Lipinski definition) is 2.